The lowest BCUT2D eigenvalue weighted by molar-refractivity contribution is 0.232. The summed E-state index contributed by atoms with van der Waals surface area (Å²) in [6.45, 7) is 141. The molecule has 7 heteroatoms. The second kappa shape index (κ2) is 57.9. The fraction of sp³-hybridized carbons (Fsp3) is 0.693. The average molecular weight is 1990 g/mol. The van der Waals surface area contributed by atoms with E-state index in [9.17, 15) is 0 Å². The summed E-state index contributed by atoms with van der Waals surface area (Å²) in [4.78, 5) is 0. The van der Waals surface area contributed by atoms with Gasteiger partial charge in [0.25, 0.3) is 0 Å². The maximum absolute atomic E-state index is 6.37. The lowest BCUT2D eigenvalue weighted by Gasteiger charge is -2.34. The van der Waals surface area contributed by atoms with E-state index in [0.29, 0.717) is 53.3 Å². The minimum atomic E-state index is 0.0696. The van der Waals surface area contributed by atoms with Gasteiger partial charge in [-0.1, -0.05) is 381 Å². The number of rotatable bonds is 32. The molecule has 0 heterocycles. The first-order chi connectivity index (χ1) is 65.7. The Morgan fingerprint density at radius 1 is 0.188 bits per heavy atom. The number of ether oxygens (including phenoxy) is 7. The fourth-order valence-electron chi connectivity index (χ4n) is 20.6. The molecule has 0 atom stereocenters. The predicted molar refractivity (Wildman–Crippen MR) is 642 cm³/mol. The van der Waals surface area contributed by atoms with Gasteiger partial charge in [-0.3, -0.25) is 0 Å². The van der Waals surface area contributed by atoms with Gasteiger partial charge in [0.2, 0.25) is 0 Å². The molecule has 0 unspecified atom stereocenters. The molecule has 0 aliphatic heterocycles. The second-order valence-corrected chi connectivity index (χ2v) is 53.1. The van der Waals surface area contributed by atoms with Gasteiger partial charge < -0.3 is 33.2 Å². The zero-order chi connectivity index (χ0) is 112. The molecule has 0 radical (unpaired) electrons. The van der Waals surface area contributed by atoms with Crippen LogP contribution in [-0.4, -0.2) is 42.7 Å². The molecule has 144 heavy (non-hydrogen) atoms. The molecule has 822 valence electrons. The van der Waals surface area contributed by atoms with Gasteiger partial charge >= 0.3 is 0 Å². The minimum absolute atomic E-state index is 0.0696. The van der Waals surface area contributed by atoms with Crippen LogP contribution in [0.2, 0.25) is 0 Å². The van der Waals surface area contributed by atoms with Gasteiger partial charge in [-0.25, -0.2) is 0 Å². The summed E-state index contributed by atoms with van der Waals surface area (Å²) in [5.74, 6) is 12.3. The lowest BCUT2D eigenvalue weighted by Crippen LogP contribution is -2.23. The molecule has 0 amide bonds. The van der Waals surface area contributed by atoms with Crippen molar-refractivity contribution in [3.05, 3.63) is 199 Å². The SMILES string of the molecule is CCc1c(C(C)(C)C)cc(C(C)(C)C)c(OC(C)C)c1C(C)C.CCc1c(C(C)(C)C)cc(C(C)C)c(OC(C)C)c1C(C)C.CCc1c(C(C)(C)C)cc(C)c(OC(C)C)c1C(C)C.CCc1c(C(C)C)cc(C(C)(C)C)c(OC(C)C)c1C(C)C.CCc1cc(C(C)(C)C)c(CC)c(C(C)C)c1OC(C)C.CCc1cc(C(C)(C)C)c(OC(C)C)c(C(C)C)c1CC.CCc1cccc(OC(C)C)c1C(C)C. The molecule has 0 aliphatic rings. The molecule has 0 aromatic heterocycles. The molecule has 0 fully saturated rings. The molecule has 0 saturated carbocycles. The van der Waals surface area contributed by atoms with Crippen molar-refractivity contribution in [3.63, 3.8) is 0 Å². The molecule has 0 N–H and O–H groups in total. The van der Waals surface area contributed by atoms with E-state index in [0.717, 1.165) is 98.0 Å². The summed E-state index contributed by atoms with van der Waals surface area (Å²) in [5, 5.41) is 0. The molecular weight excluding hydrogens is 1760 g/mol. The van der Waals surface area contributed by atoms with E-state index in [1.807, 2.05) is 0 Å². The first kappa shape index (κ1) is 135. The number of aryl methyl sites for hydroxylation is 4. The summed E-state index contributed by atoms with van der Waals surface area (Å²) in [7, 11) is 0. The second-order valence-electron chi connectivity index (χ2n) is 53.1. The highest BCUT2D eigenvalue weighted by molar-refractivity contribution is 5.61. The van der Waals surface area contributed by atoms with E-state index in [1.165, 1.54) is 145 Å². The van der Waals surface area contributed by atoms with Crippen molar-refractivity contribution in [2.24, 2.45) is 0 Å². The largest absolute Gasteiger partial charge is 0.491 e. The Kier molecular flexibility index (Phi) is 54.4. The monoisotopic (exact) mass is 1990 g/mol. The van der Waals surface area contributed by atoms with Crippen LogP contribution in [0.4, 0.5) is 0 Å². The van der Waals surface area contributed by atoms with Crippen LogP contribution in [0.1, 0.15) is 627 Å². The highest BCUT2D eigenvalue weighted by Crippen LogP contribution is 2.51. The molecule has 7 rings (SSSR count). The van der Waals surface area contributed by atoms with E-state index in [2.05, 4.69) is 491 Å². The lowest BCUT2D eigenvalue weighted by atomic mass is 9.74. The Bertz CT molecular complexity index is 5020. The van der Waals surface area contributed by atoms with Gasteiger partial charge in [0.05, 0.1) is 42.7 Å². The van der Waals surface area contributed by atoms with Crippen LogP contribution >= 0.6 is 0 Å². The van der Waals surface area contributed by atoms with Crippen molar-refractivity contribution in [1.29, 1.82) is 0 Å². The summed E-state index contributed by atoms with van der Waals surface area (Å²) < 4.78 is 43.6. The van der Waals surface area contributed by atoms with Crippen LogP contribution in [0.3, 0.4) is 0 Å². The normalized spacial score (nSPS) is 12.4. The van der Waals surface area contributed by atoms with Crippen LogP contribution in [-0.2, 0) is 95.7 Å². The van der Waals surface area contributed by atoms with Crippen LogP contribution in [0.15, 0.2) is 54.6 Å². The van der Waals surface area contributed by atoms with Gasteiger partial charge in [0.1, 0.15) is 40.2 Å². The first-order valence-electron chi connectivity index (χ1n) is 57.7. The molecule has 0 spiro atoms. The predicted octanol–water partition coefficient (Wildman–Crippen LogP) is 41.9. The van der Waals surface area contributed by atoms with Crippen molar-refractivity contribution in [3.8, 4) is 40.2 Å². The Balaban J connectivity index is 0.000000842. The summed E-state index contributed by atoms with van der Waals surface area (Å²) in [6, 6.07) is 20.7. The third-order valence-electron chi connectivity index (χ3n) is 26.8. The first-order valence-corrected chi connectivity index (χ1v) is 57.7. The Labute approximate surface area is 894 Å². The molecule has 7 aromatic rings. The minimum Gasteiger partial charge on any atom is -0.491 e. The van der Waals surface area contributed by atoms with Crippen molar-refractivity contribution in [2.75, 3.05) is 0 Å². The van der Waals surface area contributed by atoms with Crippen LogP contribution in [0, 0.1) is 6.92 Å². The third-order valence-corrected chi connectivity index (χ3v) is 26.8. The van der Waals surface area contributed by atoms with Gasteiger partial charge in [-0.05, 0) is 353 Å². The van der Waals surface area contributed by atoms with Gasteiger partial charge in [-0.2, -0.15) is 0 Å². The number of hydrogen-bond donors (Lipinski definition) is 0. The molecule has 0 aliphatic carbocycles. The summed E-state index contributed by atoms with van der Waals surface area (Å²) >= 11 is 0. The van der Waals surface area contributed by atoms with Gasteiger partial charge in [0.15, 0.2) is 0 Å². The Hall–Kier alpha value is -6.86. The summed E-state index contributed by atoms with van der Waals surface area (Å²) in [5.41, 5.74) is 38.1. The molecule has 7 nitrogen and oxygen atoms in total. The van der Waals surface area contributed by atoms with E-state index < -0.39 is 0 Å². The molecular formula is C137H232O7. The highest BCUT2D eigenvalue weighted by atomic mass is 16.5. The maximum Gasteiger partial charge on any atom is 0.127 e. The van der Waals surface area contributed by atoms with Crippen molar-refractivity contribution >= 4 is 0 Å². The third kappa shape index (κ3) is 38.6. The van der Waals surface area contributed by atoms with E-state index in [-0.39, 0.29) is 80.6 Å². The molecule has 0 saturated heterocycles. The van der Waals surface area contributed by atoms with Gasteiger partial charge in [0, 0.05) is 50.1 Å². The zero-order valence-corrected chi connectivity index (χ0v) is 107. The molecule has 0 bridgehead atoms. The quantitative estimate of drug-likeness (QED) is 0.0416. The fourth-order valence-corrected chi connectivity index (χ4v) is 20.6. The standard InChI is InChI=1S/C22H38O.2C21H36O.2C20H34O.C19H32O.C14H22O/c1-12-16-17(21(6,7)8)13-18(22(9,10)11)20(23-15(4)5)19(16)14(2)3;1-11-16-18(21(8,9)10)12-17(13(2)3)20(22-15(6)7)19(16)14(4)5;1-11-16-17(13(2)3)12-18(21(8,9)10)20(22-15(6)7)19(16)14(4)5;1-10-15-12-17(20(7,8)9)16(11-2)18(13(3)4)19(15)21-14(5)6;1-10-15-12-17(20(7,8)9)19(21-14(5)6)18(13(3)4)16(15)11-2;1-10-15-16(19(7,8)9)11-14(6)18(20-13(4)5)17(15)12(2)3;1-6-12-8-7-9-13(15-11(4)5)14(12)10(2)3/h13-15H,12H2,1-11H3;2*12-15H,11H2,1-10H3;2*12-14H,10-11H2,1-9H3;11-13H,10H2,1-9H3;7-11H,6H2,1-5H3. The Morgan fingerprint density at radius 3 is 0.708 bits per heavy atom. The molecule has 7 aromatic carbocycles. The average Bonchev–Trinajstić information content (AvgIpc) is 0.629. The Morgan fingerprint density at radius 2 is 0.417 bits per heavy atom. The van der Waals surface area contributed by atoms with Crippen LogP contribution in [0.25, 0.3) is 0 Å². The van der Waals surface area contributed by atoms with Crippen molar-refractivity contribution < 1.29 is 33.2 Å². The topological polar surface area (TPSA) is 64.6 Å². The van der Waals surface area contributed by atoms with Crippen molar-refractivity contribution in [2.45, 2.75) is 628 Å². The number of benzene rings is 7. The van der Waals surface area contributed by atoms with E-state index in [1.54, 1.807) is 0 Å². The zero-order valence-electron chi connectivity index (χ0n) is 107. The van der Waals surface area contributed by atoms with Crippen LogP contribution in [0.5, 0.6) is 40.2 Å². The van der Waals surface area contributed by atoms with Crippen LogP contribution < -0.4 is 33.2 Å². The van der Waals surface area contributed by atoms with E-state index >= 15 is 0 Å². The van der Waals surface area contributed by atoms with Crippen molar-refractivity contribution in [1.82, 2.24) is 0 Å². The maximum atomic E-state index is 6.37. The number of hydrogen-bond acceptors (Lipinski definition) is 7. The highest BCUT2D eigenvalue weighted by Gasteiger charge is 2.36. The van der Waals surface area contributed by atoms with E-state index in [4.69, 9.17) is 33.2 Å². The summed E-state index contributed by atoms with van der Waals surface area (Å²) in [6.07, 6.45) is 11.1. The smallest absolute Gasteiger partial charge is 0.127 e. The van der Waals surface area contributed by atoms with Gasteiger partial charge in [-0.15, -0.1) is 0 Å².